The molecule has 1 saturated heterocycles. The van der Waals surface area contributed by atoms with Gasteiger partial charge in [0.15, 0.2) is 0 Å². The summed E-state index contributed by atoms with van der Waals surface area (Å²) in [5, 5.41) is 8.24. The van der Waals surface area contributed by atoms with Crippen molar-refractivity contribution in [3.8, 4) is 11.1 Å². The molecule has 0 aliphatic carbocycles. The van der Waals surface area contributed by atoms with Crippen molar-refractivity contribution in [1.29, 1.82) is 0 Å². The summed E-state index contributed by atoms with van der Waals surface area (Å²) in [5.74, 6) is -1.33. The number of morpholine rings is 1. The average molecular weight is 595 g/mol. The molecule has 9 nitrogen and oxygen atoms in total. The summed E-state index contributed by atoms with van der Waals surface area (Å²) < 4.78 is 19.2. The summed E-state index contributed by atoms with van der Waals surface area (Å²) >= 11 is 0. The van der Waals surface area contributed by atoms with Gasteiger partial charge >= 0.3 is 0 Å². The monoisotopic (exact) mass is 594 g/mol. The van der Waals surface area contributed by atoms with E-state index >= 15 is 0 Å². The van der Waals surface area contributed by atoms with E-state index in [1.165, 1.54) is 24.3 Å². The highest BCUT2D eigenvalue weighted by molar-refractivity contribution is 6.20. The van der Waals surface area contributed by atoms with Crippen molar-refractivity contribution in [2.75, 3.05) is 36.5 Å². The maximum absolute atomic E-state index is 13.4. The van der Waals surface area contributed by atoms with Crippen LogP contribution in [-0.2, 0) is 11.3 Å². The van der Waals surface area contributed by atoms with Crippen molar-refractivity contribution in [2.45, 2.75) is 26.1 Å². The molecule has 0 spiro atoms. The molecular formula is C34H35FN6O3. The Morgan fingerprint density at radius 2 is 1.89 bits per heavy atom. The van der Waals surface area contributed by atoms with Gasteiger partial charge in [-0.25, -0.2) is 4.39 Å². The smallest absolute Gasteiger partial charge is 0.255 e. The minimum Gasteiger partial charge on any atom is -0.377 e. The lowest BCUT2D eigenvalue weighted by atomic mass is 9.92. The largest absolute Gasteiger partial charge is 0.377 e. The van der Waals surface area contributed by atoms with Crippen molar-refractivity contribution in [3.05, 3.63) is 95.3 Å². The first kappa shape index (κ1) is 29.3. The molecule has 0 bridgehead atoms. The fourth-order valence-electron chi connectivity index (χ4n) is 6.04. The predicted octanol–water partition coefficient (Wildman–Crippen LogP) is 5.10. The molecule has 1 unspecified atom stereocenters. The SMILES string of the molecule is CCCN(c1ccc2c(c1)[nH]c1c(C(N)=O)ccc(-c3cccc(NC(=O)c4ccc(F)cc4)c3CN)c12)C1COCCN1. The molecule has 1 fully saturated rings. The number of hydrogen-bond donors (Lipinski definition) is 5. The van der Waals surface area contributed by atoms with Crippen LogP contribution in [0.3, 0.4) is 0 Å². The Morgan fingerprint density at radius 3 is 2.59 bits per heavy atom. The minimum absolute atomic E-state index is 0.0576. The van der Waals surface area contributed by atoms with Gasteiger partial charge in [-0.15, -0.1) is 0 Å². The fraction of sp³-hybridized carbons (Fsp3) is 0.235. The number of carbonyl (C=O) groups is 2. The molecule has 2 amide bonds. The van der Waals surface area contributed by atoms with Crippen LogP contribution in [-0.4, -0.2) is 49.3 Å². The third-order valence-corrected chi connectivity index (χ3v) is 8.10. The zero-order valence-electron chi connectivity index (χ0n) is 24.5. The van der Waals surface area contributed by atoms with E-state index in [1.807, 2.05) is 18.2 Å². The van der Waals surface area contributed by atoms with E-state index in [0.29, 0.717) is 35.5 Å². The minimum atomic E-state index is -0.538. The number of anilines is 2. The van der Waals surface area contributed by atoms with Gasteiger partial charge in [-0.3, -0.25) is 14.9 Å². The van der Waals surface area contributed by atoms with E-state index in [0.717, 1.165) is 58.2 Å². The molecule has 226 valence electrons. The third-order valence-electron chi connectivity index (χ3n) is 8.10. The summed E-state index contributed by atoms with van der Waals surface area (Å²) in [4.78, 5) is 31.3. The molecule has 1 atom stereocenters. The maximum atomic E-state index is 13.4. The molecule has 7 N–H and O–H groups in total. The fourth-order valence-corrected chi connectivity index (χ4v) is 6.04. The second-order valence-corrected chi connectivity index (χ2v) is 10.9. The highest BCUT2D eigenvalue weighted by Gasteiger charge is 2.23. The summed E-state index contributed by atoms with van der Waals surface area (Å²) in [6.07, 6.45) is 1.02. The number of fused-ring (bicyclic) bond motifs is 3. The van der Waals surface area contributed by atoms with Gasteiger partial charge in [0.2, 0.25) is 0 Å². The van der Waals surface area contributed by atoms with Gasteiger partial charge in [0.05, 0.1) is 24.3 Å². The maximum Gasteiger partial charge on any atom is 0.255 e. The van der Waals surface area contributed by atoms with E-state index in [-0.39, 0.29) is 18.6 Å². The topological polar surface area (TPSA) is 138 Å². The number of aromatic nitrogens is 1. The van der Waals surface area contributed by atoms with Crippen LogP contribution < -0.4 is 27.0 Å². The van der Waals surface area contributed by atoms with Crippen LogP contribution in [0.15, 0.2) is 72.8 Å². The van der Waals surface area contributed by atoms with Crippen molar-refractivity contribution in [2.24, 2.45) is 11.5 Å². The number of benzene rings is 4. The van der Waals surface area contributed by atoms with Gasteiger partial charge in [-0.1, -0.05) is 31.2 Å². The summed E-state index contributed by atoms with van der Waals surface area (Å²) in [6, 6.07) is 20.8. The number of aromatic amines is 1. The number of amides is 2. The van der Waals surface area contributed by atoms with Crippen LogP contribution in [0.4, 0.5) is 15.8 Å². The number of primary amides is 1. The number of ether oxygens (including phenoxy) is 1. The van der Waals surface area contributed by atoms with Crippen LogP contribution in [0.25, 0.3) is 32.9 Å². The number of halogens is 1. The van der Waals surface area contributed by atoms with Crippen LogP contribution >= 0.6 is 0 Å². The van der Waals surface area contributed by atoms with Gasteiger partial charge in [0.1, 0.15) is 12.0 Å². The molecule has 0 radical (unpaired) electrons. The van der Waals surface area contributed by atoms with Crippen molar-refractivity contribution >= 4 is 45.0 Å². The molecule has 5 aromatic rings. The second kappa shape index (κ2) is 12.5. The quantitative estimate of drug-likeness (QED) is 0.161. The molecule has 4 aromatic carbocycles. The molecule has 6 rings (SSSR count). The molecule has 0 saturated carbocycles. The van der Waals surface area contributed by atoms with E-state index in [2.05, 4.69) is 45.6 Å². The van der Waals surface area contributed by atoms with Crippen LogP contribution in [0.2, 0.25) is 0 Å². The van der Waals surface area contributed by atoms with Crippen LogP contribution in [0, 0.1) is 5.82 Å². The van der Waals surface area contributed by atoms with Crippen LogP contribution in [0.5, 0.6) is 0 Å². The highest BCUT2D eigenvalue weighted by Crippen LogP contribution is 2.40. The Balaban J connectivity index is 1.47. The Labute approximate surface area is 254 Å². The molecule has 1 aliphatic heterocycles. The number of hydrogen-bond acceptors (Lipinski definition) is 6. The summed E-state index contributed by atoms with van der Waals surface area (Å²) in [6.45, 7) is 5.21. The van der Waals surface area contributed by atoms with Gasteiger partial charge < -0.3 is 31.4 Å². The number of H-pyrrole nitrogens is 1. The van der Waals surface area contributed by atoms with Crippen LogP contribution in [0.1, 0.15) is 39.6 Å². The van der Waals surface area contributed by atoms with Crippen molar-refractivity contribution < 1.29 is 18.7 Å². The molecule has 10 heteroatoms. The standard InChI is InChI=1S/C34H35FN6O3/c1-2-15-41(30-19-44-16-14-38-30)22-10-11-25-29(17-22)39-32-26(33(37)42)13-12-24(31(25)32)23-4-3-5-28(27(23)18-36)40-34(43)20-6-8-21(35)9-7-20/h3-13,17,30,38-39H,2,14-16,18-19,36H2,1H3,(H2,37,42)(H,40,43). The summed E-state index contributed by atoms with van der Waals surface area (Å²) in [5.41, 5.74) is 18.3. The van der Waals surface area contributed by atoms with Gasteiger partial charge in [0.25, 0.3) is 11.8 Å². The predicted molar refractivity (Wildman–Crippen MR) is 172 cm³/mol. The van der Waals surface area contributed by atoms with E-state index in [4.69, 9.17) is 16.2 Å². The third kappa shape index (κ3) is 5.50. The zero-order chi connectivity index (χ0) is 30.8. The molecule has 1 aliphatic rings. The van der Waals surface area contributed by atoms with Gasteiger partial charge in [-0.05, 0) is 71.6 Å². The molecule has 44 heavy (non-hydrogen) atoms. The Kier molecular flexibility index (Phi) is 8.30. The van der Waals surface area contributed by atoms with Gasteiger partial charge in [0, 0.05) is 52.9 Å². The first-order chi connectivity index (χ1) is 21.4. The van der Waals surface area contributed by atoms with Gasteiger partial charge in [-0.2, -0.15) is 0 Å². The molecule has 1 aromatic heterocycles. The average Bonchev–Trinajstić information content (AvgIpc) is 3.42. The molecule has 2 heterocycles. The summed E-state index contributed by atoms with van der Waals surface area (Å²) in [7, 11) is 0. The number of nitrogens with one attached hydrogen (secondary N) is 3. The van der Waals surface area contributed by atoms with Crippen molar-refractivity contribution in [1.82, 2.24) is 10.3 Å². The Bertz CT molecular complexity index is 1850. The first-order valence-corrected chi connectivity index (χ1v) is 14.7. The lowest BCUT2D eigenvalue weighted by Crippen LogP contribution is -2.53. The number of nitrogens with two attached hydrogens (primary N) is 2. The zero-order valence-corrected chi connectivity index (χ0v) is 24.5. The number of rotatable bonds is 9. The lowest BCUT2D eigenvalue weighted by molar-refractivity contribution is 0.0756. The number of nitrogens with zero attached hydrogens (tertiary/aromatic N) is 1. The normalized spacial score (nSPS) is 15.0. The van der Waals surface area contributed by atoms with Crippen molar-refractivity contribution in [3.63, 3.8) is 0 Å². The number of carbonyl (C=O) groups excluding carboxylic acids is 2. The Morgan fingerprint density at radius 1 is 1.07 bits per heavy atom. The van der Waals surface area contributed by atoms with E-state index < -0.39 is 11.7 Å². The van der Waals surface area contributed by atoms with E-state index in [9.17, 15) is 14.0 Å². The highest BCUT2D eigenvalue weighted by atomic mass is 19.1. The first-order valence-electron chi connectivity index (χ1n) is 14.7. The molecular weight excluding hydrogens is 559 g/mol. The Hall–Kier alpha value is -4.77. The van der Waals surface area contributed by atoms with E-state index in [1.54, 1.807) is 12.1 Å². The lowest BCUT2D eigenvalue weighted by Gasteiger charge is -2.36. The second-order valence-electron chi connectivity index (χ2n) is 10.9.